The number of hydrogen-bond acceptors (Lipinski definition) is 3. The van der Waals surface area contributed by atoms with E-state index in [2.05, 4.69) is 12.2 Å². The first kappa shape index (κ1) is 14.4. The van der Waals surface area contributed by atoms with Crippen LogP contribution in [0.2, 0.25) is 0 Å². The van der Waals surface area contributed by atoms with Crippen molar-refractivity contribution in [3.05, 3.63) is 0 Å². The van der Waals surface area contributed by atoms with E-state index in [0.29, 0.717) is 26.2 Å². The van der Waals surface area contributed by atoms with Crippen molar-refractivity contribution >= 4 is 5.91 Å². The molecule has 0 aliphatic rings. The Kier molecular flexibility index (Phi) is 9.52. The standard InChI is InChI=1S/C11H24N2O2/c1-3-10(12)7-8-13-11(14)6-5-9-15-4-2/h10H,3-9,12H2,1-2H3,(H,13,14). The molecule has 3 N–H and O–H groups in total. The van der Waals surface area contributed by atoms with E-state index in [9.17, 15) is 4.79 Å². The van der Waals surface area contributed by atoms with Gasteiger partial charge in [-0.2, -0.15) is 0 Å². The van der Waals surface area contributed by atoms with E-state index in [1.807, 2.05) is 6.92 Å². The van der Waals surface area contributed by atoms with Crippen LogP contribution in [0.3, 0.4) is 0 Å². The van der Waals surface area contributed by atoms with Gasteiger partial charge in [0.2, 0.25) is 5.91 Å². The molecule has 1 atom stereocenters. The maximum atomic E-state index is 11.3. The smallest absolute Gasteiger partial charge is 0.220 e. The molecule has 1 amide bonds. The Hall–Kier alpha value is -0.610. The summed E-state index contributed by atoms with van der Waals surface area (Å²) in [5.41, 5.74) is 5.73. The Bertz CT molecular complexity index is 163. The van der Waals surface area contributed by atoms with Crippen LogP contribution in [0.4, 0.5) is 0 Å². The van der Waals surface area contributed by atoms with E-state index < -0.39 is 0 Å². The summed E-state index contributed by atoms with van der Waals surface area (Å²) in [4.78, 5) is 11.3. The van der Waals surface area contributed by atoms with Gasteiger partial charge in [0.1, 0.15) is 0 Å². The lowest BCUT2D eigenvalue weighted by Crippen LogP contribution is -2.30. The second-order valence-electron chi connectivity index (χ2n) is 3.61. The molecule has 0 fully saturated rings. The number of carbonyl (C=O) groups excluding carboxylic acids is 1. The van der Waals surface area contributed by atoms with Gasteiger partial charge in [-0.25, -0.2) is 0 Å². The van der Waals surface area contributed by atoms with Crippen LogP contribution >= 0.6 is 0 Å². The Morgan fingerprint density at radius 3 is 2.80 bits per heavy atom. The number of ether oxygens (including phenoxy) is 1. The maximum Gasteiger partial charge on any atom is 0.220 e. The Labute approximate surface area is 92.6 Å². The van der Waals surface area contributed by atoms with Crippen molar-refractivity contribution in [1.82, 2.24) is 5.32 Å². The summed E-state index contributed by atoms with van der Waals surface area (Å²) in [5.74, 6) is 0.0954. The molecule has 0 spiro atoms. The summed E-state index contributed by atoms with van der Waals surface area (Å²) in [5, 5.41) is 2.85. The summed E-state index contributed by atoms with van der Waals surface area (Å²) in [6.45, 7) is 6.06. The number of nitrogens with two attached hydrogens (primary N) is 1. The first-order chi connectivity index (χ1) is 7.20. The summed E-state index contributed by atoms with van der Waals surface area (Å²) < 4.78 is 5.14. The molecule has 0 saturated carbocycles. The molecule has 0 heterocycles. The lowest BCUT2D eigenvalue weighted by atomic mass is 10.2. The largest absolute Gasteiger partial charge is 0.382 e. The van der Waals surface area contributed by atoms with E-state index in [1.54, 1.807) is 0 Å². The molecule has 0 aromatic rings. The van der Waals surface area contributed by atoms with Gasteiger partial charge >= 0.3 is 0 Å². The van der Waals surface area contributed by atoms with Crippen molar-refractivity contribution < 1.29 is 9.53 Å². The van der Waals surface area contributed by atoms with E-state index in [0.717, 1.165) is 19.3 Å². The first-order valence-electron chi connectivity index (χ1n) is 5.80. The minimum absolute atomic E-state index is 0.0954. The quantitative estimate of drug-likeness (QED) is 0.566. The van der Waals surface area contributed by atoms with Gasteiger partial charge in [-0.15, -0.1) is 0 Å². The number of amides is 1. The van der Waals surface area contributed by atoms with Crippen LogP contribution in [0.15, 0.2) is 0 Å². The highest BCUT2D eigenvalue weighted by atomic mass is 16.5. The van der Waals surface area contributed by atoms with Crippen LogP contribution in [-0.4, -0.2) is 31.7 Å². The second kappa shape index (κ2) is 9.93. The molecule has 15 heavy (non-hydrogen) atoms. The highest BCUT2D eigenvalue weighted by Crippen LogP contribution is 1.93. The first-order valence-corrected chi connectivity index (χ1v) is 5.80. The number of carbonyl (C=O) groups is 1. The monoisotopic (exact) mass is 216 g/mol. The van der Waals surface area contributed by atoms with Crippen LogP contribution < -0.4 is 11.1 Å². The van der Waals surface area contributed by atoms with E-state index in [4.69, 9.17) is 10.5 Å². The fourth-order valence-corrected chi connectivity index (χ4v) is 1.17. The van der Waals surface area contributed by atoms with E-state index in [1.165, 1.54) is 0 Å². The van der Waals surface area contributed by atoms with E-state index >= 15 is 0 Å². The number of rotatable bonds is 9. The highest BCUT2D eigenvalue weighted by Gasteiger charge is 2.02. The van der Waals surface area contributed by atoms with Crippen LogP contribution in [-0.2, 0) is 9.53 Å². The minimum atomic E-state index is 0.0954. The van der Waals surface area contributed by atoms with Crippen molar-refractivity contribution in [2.45, 2.75) is 45.6 Å². The Morgan fingerprint density at radius 1 is 1.47 bits per heavy atom. The molecule has 0 aliphatic carbocycles. The maximum absolute atomic E-state index is 11.3. The zero-order chi connectivity index (χ0) is 11.5. The van der Waals surface area contributed by atoms with Crippen LogP contribution in [0.1, 0.15) is 39.5 Å². The molecule has 0 aromatic carbocycles. The van der Waals surface area contributed by atoms with Crippen molar-refractivity contribution in [2.75, 3.05) is 19.8 Å². The summed E-state index contributed by atoms with van der Waals surface area (Å²) in [6, 6.07) is 0.203. The molecule has 0 aromatic heterocycles. The van der Waals surface area contributed by atoms with Gasteiger partial charge < -0.3 is 15.8 Å². The lowest BCUT2D eigenvalue weighted by Gasteiger charge is -2.09. The van der Waals surface area contributed by atoms with Gasteiger partial charge in [-0.05, 0) is 26.2 Å². The molecular weight excluding hydrogens is 192 g/mol. The third-order valence-electron chi connectivity index (χ3n) is 2.26. The average Bonchev–Trinajstić information content (AvgIpc) is 2.24. The number of nitrogens with one attached hydrogen (secondary N) is 1. The van der Waals surface area contributed by atoms with Gasteiger partial charge in [0, 0.05) is 32.2 Å². The van der Waals surface area contributed by atoms with Gasteiger partial charge in [-0.1, -0.05) is 6.92 Å². The molecule has 90 valence electrons. The number of hydrogen-bond donors (Lipinski definition) is 2. The SMILES string of the molecule is CCOCCCC(=O)NCCC(N)CC. The topological polar surface area (TPSA) is 64.3 Å². The molecule has 0 radical (unpaired) electrons. The summed E-state index contributed by atoms with van der Waals surface area (Å²) in [6.07, 6.45) is 3.15. The van der Waals surface area contributed by atoms with Crippen molar-refractivity contribution in [3.8, 4) is 0 Å². The minimum Gasteiger partial charge on any atom is -0.382 e. The summed E-state index contributed by atoms with van der Waals surface area (Å²) >= 11 is 0. The van der Waals surface area contributed by atoms with E-state index in [-0.39, 0.29) is 11.9 Å². The molecule has 0 aliphatic heterocycles. The fourth-order valence-electron chi connectivity index (χ4n) is 1.17. The normalized spacial score (nSPS) is 12.5. The molecular formula is C11H24N2O2. The third kappa shape index (κ3) is 9.69. The molecule has 0 bridgehead atoms. The molecule has 1 unspecified atom stereocenters. The fraction of sp³-hybridized carbons (Fsp3) is 0.909. The predicted molar refractivity (Wildman–Crippen MR) is 61.6 cm³/mol. The van der Waals surface area contributed by atoms with Crippen LogP contribution in [0, 0.1) is 0 Å². The average molecular weight is 216 g/mol. The van der Waals surface area contributed by atoms with Crippen LogP contribution in [0.25, 0.3) is 0 Å². The van der Waals surface area contributed by atoms with Crippen molar-refractivity contribution in [2.24, 2.45) is 5.73 Å². The van der Waals surface area contributed by atoms with Gasteiger partial charge in [0.25, 0.3) is 0 Å². The van der Waals surface area contributed by atoms with Gasteiger partial charge in [0.05, 0.1) is 0 Å². The molecule has 4 heteroatoms. The Balaban J connectivity index is 3.26. The zero-order valence-corrected chi connectivity index (χ0v) is 9.92. The molecule has 0 saturated heterocycles. The second-order valence-corrected chi connectivity index (χ2v) is 3.61. The highest BCUT2D eigenvalue weighted by molar-refractivity contribution is 5.75. The van der Waals surface area contributed by atoms with Gasteiger partial charge in [0.15, 0.2) is 0 Å². The van der Waals surface area contributed by atoms with Gasteiger partial charge in [-0.3, -0.25) is 4.79 Å². The third-order valence-corrected chi connectivity index (χ3v) is 2.26. The zero-order valence-electron chi connectivity index (χ0n) is 9.92. The lowest BCUT2D eigenvalue weighted by molar-refractivity contribution is -0.121. The Morgan fingerprint density at radius 2 is 2.20 bits per heavy atom. The van der Waals surface area contributed by atoms with Crippen molar-refractivity contribution in [3.63, 3.8) is 0 Å². The molecule has 0 rings (SSSR count). The van der Waals surface area contributed by atoms with Crippen LogP contribution in [0.5, 0.6) is 0 Å². The van der Waals surface area contributed by atoms with Crippen molar-refractivity contribution in [1.29, 1.82) is 0 Å². The summed E-state index contributed by atoms with van der Waals surface area (Å²) in [7, 11) is 0. The predicted octanol–water partition coefficient (Wildman–Crippen LogP) is 1.05. The molecule has 4 nitrogen and oxygen atoms in total.